The summed E-state index contributed by atoms with van der Waals surface area (Å²) < 4.78 is 1.12. The number of aromatic nitrogens is 1. The smallest absolute Gasteiger partial charge is 0.106 e. The zero-order valence-electron chi connectivity index (χ0n) is 10.8. The van der Waals surface area contributed by atoms with Crippen LogP contribution in [0, 0.1) is 5.92 Å². The molecule has 5 heteroatoms. The van der Waals surface area contributed by atoms with Crippen molar-refractivity contribution in [1.82, 2.24) is 4.98 Å². The first kappa shape index (κ1) is 12.7. The molecule has 1 saturated carbocycles. The maximum absolute atomic E-state index is 9.68. The van der Waals surface area contributed by atoms with Crippen LogP contribution in [0.25, 0.3) is 10.2 Å². The quantitative estimate of drug-likeness (QED) is 0.754. The maximum atomic E-state index is 9.68. The number of aliphatic hydroxyl groups is 1. The number of thiazole rings is 1. The summed E-state index contributed by atoms with van der Waals surface area (Å²) in [6.45, 7) is 0.872. The number of nitrogen functional groups attached to an aromatic ring is 1. The molecule has 0 bridgehead atoms. The number of nitrogens with one attached hydrogen (secondary N) is 1. The van der Waals surface area contributed by atoms with E-state index < -0.39 is 0 Å². The molecule has 3 rings (SSSR count). The molecule has 4 N–H and O–H groups in total. The SMILES string of the molecule is Nc1c(NCC2CCCC(O)C2)ccc2scnc12. The van der Waals surface area contributed by atoms with E-state index in [1.54, 1.807) is 11.3 Å². The molecule has 102 valence electrons. The molecule has 2 atom stereocenters. The lowest BCUT2D eigenvalue weighted by atomic mass is 9.87. The Morgan fingerprint density at radius 2 is 2.32 bits per heavy atom. The fraction of sp³-hybridized carbons (Fsp3) is 0.500. The lowest BCUT2D eigenvalue weighted by Gasteiger charge is -2.26. The second-order valence-corrected chi connectivity index (χ2v) is 6.18. The first-order valence-corrected chi connectivity index (χ1v) is 7.65. The van der Waals surface area contributed by atoms with Crippen LogP contribution >= 0.6 is 11.3 Å². The largest absolute Gasteiger partial charge is 0.395 e. The predicted molar refractivity (Wildman–Crippen MR) is 80.5 cm³/mol. The minimum Gasteiger partial charge on any atom is -0.395 e. The van der Waals surface area contributed by atoms with Crippen molar-refractivity contribution in [1.29, 1.82) is 0 Å². The minimum atomic E-state index is -0.126. The first-order valence-electron chi connectivity index (χ1n) is 6.77. The summed E-state index contributed by atoms with van der Waals surface area (Å²) in [6, 6.07) is 4.08. The van der Waals surface area contributed by atoms with Crippen LogP contribution in [0.3, 0.4) is 0 Å². The van der Waals surface area contributed by atoms with Crippen molar-refractivity contribution in [3.05, 3.63) is 17.6 Å². The average molecular weight is 277 g/mol. The molecule has 1 aliphatic rings. The summed E-state index contributed by atoms with van der Waals surface area (Å²) in [7, 11) is 0. The van der Waals surface area contributed by atoms with E-state index in [1.165, 1.54) is 6.42 Å². The van der Waals surface area contributed by atoms with Crippen LogP contribution < -0.4 is 11.1 Å². The van der Waals surface area contributed by atoms with E-state index in [9.17, 15) is 5.11 Å². The topological polar surface area (TPSA) is 71.2 Å². The highest BCUT2D eigenvalue weighted by Crippen LogP contribution is 2.31. The van der Waals surface area contributed by atoms with Gasteiger partial charge in [-0.2, -0.15) is 0 Å². The highest BCUT2D eigenvalue weighted by atomic mass is 32.1. The number of nitrogens with zero attached hydrogens (tertiary/aromatic N) is 1. The number of fused-ring (bicyclic) bond motifs is 1. The van der Waals surface area contributed by atoms with Crippen molar-refractivity contribution in [2.75, 3.05) is 17.6 Å². The molecule has 1 heterocycles. The van der Waals surface area contributed by atoms with Gasteiger partial charge in [-0.05, 0) is 37.3 Å². The van der Waals surface area contributed by atoms with Crippen molar-refractivity contribution < 1.29 is 5.11 Å². The Hall–Kier alpha value is -1.33. The lowest BCUT2D eigenvalue weighted by Crippen LogP contribution is -2.25. The molecular weight excluding hydrogens is 258 g/mol. The van der Waals surface area contributed by atoms with Crippen LogP contribution in [0.1, 0.15) is 25.7 Å². The standard InChI is InChI=1S/C14H19N3OS/c15-13-11(4-5-12-14(13)17-8-19-12)16-7-9-2-1-3-10(18)6-9/h4-5,8-10,16,18H,1-3,6-7,15H2. The van der Waals surface area contributed by atoms with Crippen molar-refractivity contribution in [2.45, 2.75) is 31.8 Å². The number of aliphatic hydroxyl groups excluding tert-OH is 1. The zero-order chi connectivity index (χ0) is 13.2. The summed E-state index contributed by atoms with van der Waals surface area (Å²) in [4.78, 5) is 4.30. The summed E-state index contributed by atoms with van der Waals surface area (Å²) in [6.07, 6.45) is 4.02. The van der Waals surface area contributed by atoms with Crippen molar-refractivity contribution in [2.24, 2.45) is 5.92 Å². The third kappa shape index (κ3) is 2.67. The molecular formula is C14H19N3OS. The van der Waals surface area contributed by atoms with Gasteiger partial charge >= 0.3 is 0 Å². The van der Waals surface area contributed by atoms with E-state index in [2.05, 4.69) is 16.4 Å². The van der Waals surface area contributed by atoms with Gasteiger partial charge in [0.25, 0.3) is 0 Å². The molecule has 1 fully saturated rings. The van der Waals surface area contributed by atoms with Crippen LogP contribution in [-0.4, -0.2) is 22.7 Å². The first-order chi connectivity index (χ1) is 9.24. The van der Waals surface area contributed by atoms with Gasteiger partial charge in [-0.3, -0.25) is 0 Å². The molecule has 2 unspecified atom stereocenters. The van der Waals surface area contributed by atoms with Gasteiger partial charge in [0.1, 0.15) is 5.52 Å². The third-order valence-electron chi connectivity index (χ3n) is 3.88. The van der Waals surface area contributed by atoms with E-state index >= 15 is 0 Å². The Labute approximate surface area is 116 Å². The molecule has 2 aromatic rings. The second kappa shape index (κ2) is 5.35. The highest BCUT2D eigenvalue weighted by Gasteiger charge is 2.20. The molecule has 19 heavy (non-hydrogen) atoms. The average Bonchev–Trinajstić information content (AvgIpc) is 2.87. The van der Waals surface area contributed by atoms with Crippen LogP contribution in [0.15, 0.2) is 17.6 Å². The fourth-order valence-electron chi connectivity index (χ4n) is 2.81. The summed E-state index contributed by atoms with van der Waals surface area (Å²) >= 11 is 1.60. The Morgan fingerprint density at radius 3 is 3.16 bits per heavy atom. The van der Waals surface area contributed by atoms with E-state index in [0.29, 0.717) is 5.92 Å². The van der Waals surface area contributed by atoms with E-state index in [0.717, 1.165) is 47.4 Å². The summed E-state index contributed by atoms with van der Waals surface area (Å²) in [5.74, 6) is 0.536. The molecule has 1 aromatic carbocycles. The normalized spacial score (nSPS) is 23.6. The predicted octanol–water partition coefficient (Wildman–Crippen LogP) is 2.84. The van der Waals surface area contributed by atoms with Gasteiger partial charge < -0.3 is 16.2 Å². The number of rotatable bonds is 3. The molecule has 0 spiro atoms. The Kier molecular flexibility index (Phi) is 3.57. The molecule has 4 nitrogen and oxygen atoms in total. The van der Waals surface area contributed by atoms with Crippen LogP contribution in [-0.2, 0) is 0 Å². The van der Waals surface area contributed by atoms with Crippen LogP contribution in [0.2, 0.25) is 0 Å². The molecule has 1 aromatic heterocycles. The van der Waals surface area contributed by atoms with Gasteiger partial charge in [0.05, 0.1) is 27.7 Å². The van der Waals surface area contributed by atoms with Gasteiger partial charge in [-0.15, -0.1) is 11.3 Å². The Bertz CT molecular complexity index is 569. The number of hydrogen-bond acceptors (Lipinski definition) is 5. The Morgan fingerprint density at radius 1 is 1.42 bits per heavy atom. The van der Waals surface area contributed by atoms with Gasteiger partial charge in [0, 0.05) is 6.54 Å². The van der Waals surface area contributed by atoms with E-state index in [-0.39, 0.29) is 6.10 Å². The number of hydrogen-bond donors (Lipinski definition) is 3. The number of anilines is 2. The van der Waals surface area contributed by atoms with Gasteiger partial charge in [-0.1, -0.05) is 6.42 Å². The molecule has 0 saturated heterocycles. The lowest BCUT2D eigenvalue weighted by molar-refractivity contribution is 0.105. The molecule has 0 amide bonds. The molecule has 0 radical (unpaired) electrons. The molecule has 1 aliphatic carbocycles. The molecule has 0 aliphatic heterocycles. The summed E-state index contributed by atoms with van der Waals surface area (Å²) in [5, 5.41) is 13.1. The van der Waals surface area contributed by atoms with Gasteiger partial charge in [-0.25, -0.2) is 4.98 Å². The Balaban J connectivity index is 1.69. The second-order valence-electron chi connectivity index (χ2n) is 5.29. The van der Waals surface area contributed by atoms with E-state index in [1.807, 2.05) is 11.6 Å². The van der Waals surface area contributed by atoms with Gasteiger partial charge in [0.2, 0.25) is 0 Å². The zero-order valence-corrected chi connectivity index (χ0v) is 11.6. The number of nitrogens with two attached hydrogens (primary N) is 1. The fourth-order valence-corrected chi connectivity index (χ4v) is 3.50. The van der Waals surface area contributed by atoms with Gasteiger partial charge in [0.15, 0.2) is 0 Å². The number of benzene rings is 1. The highest BCUT2D eigenvalue weighted by molar-refractivity contribution is 7.16. The summed E-state index contributed by atoms with van der Waals surface area (Å²) in [5.41, 5.74) is 10.5. The van der Waals surface area contributed by atoms with Crippen LogP contribution in [0.5, 0.6) is 0 Å². The van der Waals surface area contributed by atoms with E-state index in [4.69, 9.17) is 5.73 Å². The third-order valence-corrected chi connectivity index (χ3v) is 4.67. The van der Waals surface area contributed by atoms with Crippen molar-refractivity contribution in [3.8, 4) is 0 Å². The van der Waals surface area contributed by atoms with Crippen LogP contribution in [0.4, 0.5) is 11.4 Å². The minimum absolute atomic E-state index is 0.126. The van der Waals surface area contributed by atoms with Crippen molar-refractivity contribution in [3.63, 3.8) is 0 Å². The van der Waals surface area contributed by atoms with Crippen molar-refractivity contribution >= 4 is 32.9 Å². The maximum Gasteiger partial charge on any atom is 0.106 e. The monoisotopic (exact) mass is 277 g/mol.